The molecule has 6 nitrogen and oxygen atoms in total. The summed E-state index contributed by atoms with van der Waals surface area (Å²) in [7, 11) is -3.11. The number of carbonyl (C=O) groups is 1. The number of fused-ring (bicyclic) bond motifs is 1. The lowest BCUT2D eigenvalue weighted by Crippen LogP contribution is -2.52. The number of rotatable bonds is 4. The summed E-state index contributed by atoms with van der Waals surface area (Å²) in [5.41, 5.74) is 0.912. The minimum Gasteiger partial charge on any atom is -0.347 e. The number of thiazole rings is 1. The number of amides is 1. The van der Waals surface area contributed by atoms with Crippen LogP contribution in [0.3, 0.4) is 0 Å². The van der Waals surface area contributed by atoms with E-state index < -0.39 is 9.84 Å². The Hall–Kier alpha value is -1.77. The predicted octanol–water partition coefficient (Wildman–Crippen LogP) is 2.08. The zero-order valence-corrected chi connectivity index (χ0v) is 16.6. The van der Waals surface area contributed by atoms with Crippen molar-refractivity contribution in [2.24, 2.45) is 0 Å². The Morgan fingerprint density at radius 2 is 1.96 bits per heavy atom. The maximum absolute atomic E-state index is 12.4. The average Bonchev–Trinajstić information content (AvgIpc) is 3.20. The molecule has 2 fully saturated rings. The minimum atomic E-state index is -3.11. The molecule has 3 heterocycles. The Balaban J connectivity index is 1.43. The fourth-order valence-corrected chi connectivity index (χ4v) is 6.74. The van der Waals surface area contributed by atoms with Crippen LogP contribution in [0, 0.1) is 0 Å². The van der Waals surface area contributed by atoms with E-state index in [2.05, 4.69) is 15.2 Å². The highest BCUT2D eigenvalue weighted by Crippen LogP contribution is 2.24. The number of benzene rings is 1. The third kappa shape index (κ3) is 4.39. The molecular weight excluding hydrogens is 382 g/mol. The van der Waals surface area contributed by atoms with Crippen LogP contribution >= 0.6 is 11.3 Å². The SMILES string of the molecule is O=C(/C=C/c1nc2ccccc2s1)NC1CS(=O)(=O)CC1N1CCCCC1. The highest BCUT2D eigenvalue weighted by molar-refractivity contribution is 7.91. The van der Waals surface area contributed by atoms with Crippen LogP contribution in [0.25, 0.3) is 16.3 Å². The summed E-state index contributed by atoms with van der Waals surface area (Å²) in [6.07, 6.45) is 6.52. The zero-order valence-electron chi connectivity index (χ0n) is 15.0. The largest absolute Gasteiger partial charge is 0.347 e. The first-order valence-corrected chi connectivity index (χ1v) is 11.9. The van der Waals surface area contributed by atoms with Crippen molar-refractivity contribution < 1.29 is 13.2 Å². The number of hydrogen-bond acceptors (Lipinski definition) is 6. The van der Waals surface area contributed by atoms with Gasteiger partial charge in [0, 0.05) is 12.1 Å². The maximum atomic E-state index is 12.4. The Bertz CT molecular complexity index is 928. The highest BCUT2D eigenvalue weighted by Gasteiger charge is 2.41. The van der Waals surface area contributed by atoms with Crippen molar-refractivity contribution in [1.82, 2.24) is 15.2 Å². The minimum absolute atomic E-state index is 0.0227. The highest BCUT2D eigenvalue weighted by atomic mass is 32.2. The van der Waals surface area contributed by atoms with E-state index in [0.717, 1.165) is 41.2 Å². The van der Waals surface area contributed by atoms with E-state index in [1.165, 1.54) is 23.8 Å². The molecular formula is C19H23N3O3S2. The molecule has 1 aromatic heterocycles. The molecule has 0 spiro atoms. The zero-order chi connectivity index (χ0) is 18.9. The molecule has 0 radical (unpaired) electrons. The maximum Gasteiger partial charge on any atom is 0.244 e. The van der Waals surface area contributed by atoms with Crippen molar-refractivity contribution in [3.8, 4) is 0 Å². The quantitative estimate of drug-likeness (QED) is 0.788. The van der Waals surface area contributed by atoms with Crippen molar-refractivity contribution in [2.45, 2.75) is 31.3 Å². The summed E-state index contributed by atoms with van der Waals surface area (Å²) >= 11 is 1.52. The van der Waals surface area contributed by atoms with Crippen molar-refractivity contribution in [3.63, 3.8) is 0 Å². The fourth-order valence-electron chi connectivity index (χ4n) is 3.92. The van der Waals surface area contributed by atoms with E-state index in [0.29, 0.717) is 0 Å². The molecule has 2 aliphatic heterocycles. The van der Waals surface area contributed by atoms with Crippen LogP contribution in [-0.4, -0.2) is 60.9 Å². The number of nitrogens with zero attached hydrogens (tertiary/aromatic N) is 2. The third-order valence-corrected chi connectivity index (χ3v) is 7.92. The Morgan fingerprint density at radius 1 is 1.19 bits per heavy atom. The predicted molar refractivity (Wildman–Crippen MR) is 108 cm³/mol. The molecule has 144 valence electrons. The number of carbonyl (C=O) groups excluding carboxylic acids is 1. The summed E-state index contributed by atoms with van der Waals surface area (Å²) in [4.78, 5) is 19.1. The number of hydrogen-bond donors (Lipinski definition) is 1. The van der Waals surface area contributed by atoms with E-state index in [1.807, 2.05) is 24.3 Å². The van der Waals surface area contributed by atoms with Crippen LogP contribution in [-0.2, 0) is 14.6 Å². The van der Waals surface area contributed by atoms with Gasteiger partial charge in [-0.1, -0.05) is 18.6 Å². The number of aromatic nitrogens is 1. The first-order chi connectivity index (χ1) is 13.0. The fraction of sp³-hybridized carbons (Fsp3) is 0.474. The lowest BCUT2D eigenvalue weighted by molar-refractivity contribution is -0.117. The van der Waals surface area contributed by atoms with Crippen molar-refractivity contribution in [2.75, 3.05) is 24.6 Å². The van der Waals surface area contributed by atoms with Gasteiger partial charge in [0.2, 0.25) is 5.91 Å². The van der Waals surface area contributed by atoms with Gasteiger partial charge in [-0.15, -0.1) is 11.3 Å². The monoisotopic (exact) mass is 405 g/mol. The van der Waals surface area contributed by atoms with Gasteiger partial charge in [-0.25, -0.2) is 13.4 Å². The molecule has 1 amide bonds. The van der Waals surface area contributed by atoms with Crippen molar-refractivity contribution in [3.05, 3.63) is 35.3 Å². The smallest absolute Gasteiger partial charge is 0.244 e. The van der Waals surface area contributed by atoms with Gasteiger partial charge in [0.15, 0.2) is 9.84 Å². The summed E-state index contributed by atoms with van der Waals surface area (Å²) in [6.45, 7) is 1.82. The van der Waals surface area contributed by atoms with Gasteiger partial charge in [0.25, 0.3) is 0 Å². The summed E-state index contributed by atoms with van der Waals surface area (Å²) < 4.78 is 25.4. The molecule has 0 saturated carbocycles. The van der Waals surface area contributed by atoms with Crippen LogP contribution in [0.5, 0.6) is 0 Å². The summed E-state index contributed by atoms with van der Waals surface area (Å²) in [5.74, 6) is -0.104. The molecule has 27 heavy (non-hydrogen) atoms. The van der Waals surface area contributed by atoms with Crippen LogP contribution in [0.2, 0.25) is 0 Å². The Kier molecular flexibility index (Phi) is 5.29. The molecule has 8 heteroatoms. The van der Waals surface area contributed by atoms with Crippen LogP contribution in [0.1, 0.15) is 24.3 Å². The second-order valence-electron chi connectivity index (χ2n) is 7.21. The van der Waals surface area contributed by atoms with E-state index in [1.54, 1.807) is 6.08 Å². The van der Waals surface area contributed by atoms with Gasteiger partial charge in [-0.2, -0.15) is 0 Å². The lowest BCUT2D eigenvalue weighted by atomic mass is 10.0. The normalized spacial score (nSPS) is 25.9. The van der Waals surface area contributed by atoms with E-state index >= 15 is 0 Å². The molecule has 1 N–H and O–H groups in total. The number of para-hydroxylation sites is 1. The first kappa shape index (κ1) is 18.6. The number of sulfone groups is 1. The molecule has 0 bridgehead atoms. The first-order valence-electron chi connectivity index (χ1n) is 9.29. The summed E-state index contributed by atoms with van der Waals surface area (Å²) in [5, 5.41) is 3.68. The van der Waals surface area contributed by atoms with Gasteiger partial charge in [0.1, 0.15) is 5.01 Å². The standard InChI is InChI=1S/C19H23N3O3S2/c23-18(8-9-19-21-14-6-2-3-7-17(14)26-19)20-15-12-27(24,25)13-16(15)22-10-4-1-5-11-22/h2-3,6-9,15-16H,1,4-5,10-13H2,(H,20,23)/b9-8+. The molecule has 1 aromatic carbocycles. The number of nitrogens with one attached hydrogen (secondary N) is 1. The molecule has 2 aromatic rings. The summed E-state index contributed by atoms with van der Waals surface area (Å²) in [6, 6.07) is 7.37. The molecule has 2 saturated heterocycles. The average molecular weight is 406 g/mol. The second-order valence-corrected chi connectivity index (χ2v) is 10.4. The van der Waals surface area contributed by atoms with Crippen LogP contribution < -0.4 is 5.32 Å². The topological polar surface area (TPSA) is 79.4 Å². The van der Waals surface area contributed by atoms with Gasteiger partial charge in [-0.05, 0) is 44.1 Å². The van der Waals surface area contributed by atoms with Crippen LogP contribution in [0.4, 0.5) is 0 Å². The van der Waals surface area contributed by atoms with Crippen molar-refractivity contribution >= 4 is 43.4 Å². The molecule has 2 unspecified atom stereocenters. The number of likely N-dealkylation sites (tertiary alicyclic amines) is 1. The second kappa shape index (κ2) is 7.69. The third-order valence-electron chi connectivity index (χ3n) is 5.20. The van der Waals surface area contributed by atoms with E-state index in [9.17, 15) is 13.2 Å². The molecule has 0 aliphatic carbocycles. The molecule has 4 rings (SSSR count). The Labute approximate surface area is 163 Å². The number of piperidine rings is 1. The van der Waals surface area contributed by atoms with Crippen LogP contribution in [0.15, 0.2) is 30.3 Å². The van der Waals surface area contributed by atoms with E-state index in [4.69, 9.17) is 0 Å². The van der Waals surface area contributed by atoms with E-state index in [-0.39, 0.29) is 29.5 Å². The van der Waals surface area contributed by atoms with Gasteiger partial charge in [0.05, 0.1) is 27.8 Å². The lowest BCUT2D eigenvalue weighted by Gasteiger charge is -2.34. The molecule has 2 atom stereocenters. The van der Waals surface area contributed by atoms with Crippen molar-refractivity contribution in [1.29, 1.82) is 0 Å². The van der Waals surface area contributed by atoms with Gasteiger partial charge in [-0.3, -0.25) is 9.69 Å². The van der Waals surface area contributed by atoms with Gasteiger partial charge >= 0.3 is 0 Å². The molecule has 2 aliphatic rings. The van der Waals surface area contributed by atoms with Gasteiger partial charge < -0.3 is 5.32 Å². The Morgan fingerprint density at radius 3 is 2.74 bits per heavy atom.